The second kappa shape index (κ2) is 6.94. The van der Waals surface area contributed by atoms with Crippen molar-refractivity contribution in [1.82, 2.24) is 4.90 Å². The van der Waals surface area contributed by atoms with Gasteiger partial charge in [0.15, 0.2) is 0 Å². The molecule has 0 saturated heterocycles. The molecule has 0 saturated carbocycles. The van der Waals surface area contributed by atoms with Crippen molar-refractivity contribution in [2.45, 2.75) is 19.9 Å². The van der Waals surface area contributed by atoms with Gasteiger partial charge in [-0.25, -0.2) is 4.79 Å². The van der Waals surface area contributed by atoms with E-state index in [0.29, 0.717) is 25.3 Å². The van der Waals surface area contributed by atoms with Crippen LogP contribution in [0.4, 0.5) is 0 Å². The molecule has 0 spiro atoms. The monoisotopic (exact) mass is 269 g/mol. The lowest BCUT2D eigenvalue weighted by Gasteiger charge is -2.13. The summed E-state index contributed by atoms with van der Waals surface area (Å²) in [6.45, 7) is 2.85. The van der Waals surface area contributed by atoms with Crippen LogP contribution in [-0.2, 0) is 20.8 Å². The third kappa shape index (κ3) is 4.40. The maximum Gasteiger partial charge on any atom is 0.374 e. The first kappa shape index (κ1) is 15.2. The lowest BCUT2D eigenvalue weighted by molar-refractivity contribution is -0.140. The van der Waals surface area contributed by atoms with E-state index < -0.39 is 5.97 Å². The fourth-order valence-electron chi connectivity index (χ4n) is 1.65. The van der Waals surface area contributed by atoms with Gasteiger partial charge >= 0.3 is 11.9 Å². The number of hydrogen-bond donors (Lipinski definition) is 0. The maximum absolute atomic E-state index is 11.4. The van der Waals surface area contributed by atoms with Crippen molar-refractivity contribution < 1.29 is 23.5 Å². The smallest absolute Gasteiger partial charge is 0.374 e. The molecule has 0 N–H and O–H groups in total. The highest BCUT2D eigenvalue weighted by Gasteiger charge is 2.17. The zero-order valence-electron chi connectivity index (χ0n) is 11.7. The van der Waals surface area contributed by atoms with Crippen LogP contribution in [0.5, 0.6) is 0 Å². The van der Waals surface area contributed by atoms with Gasteiger partial charge in [0.25, 0.3) is 0 Å². The molecule has 0 radical (unpaired) electrons. The van der Waals surface area contributed by atoms with Gasteiger partial charge in [0.05, 0.1) is 27.2 Å². The van der Waals surface area contributed by atoms with Gasteiger partial charge in [0, 0.05) is 12.1 Å². The molecule has 0 atom stereocenters. The summed E-state index contributed by atoms with van der Waals surface area (Å²) in [4.78, 5) is 24.3. The van der Waals surface area contributed by atoms with E-state index >= 15 is 0 Å². The normalized spacial score (nSPS) is 10.6. The first-order valence-electron chi connectivity index (χ1n) is 5.91. The first-order chi connectivity index (χ1) is 8.97. The van der Waals surface area contributed by atoms with Gasteiger partial charge in [0.1, 0.15) is 5.76 Å². The van der Waals surface area contributed by atoms with Gasteiger partial charge in [-0.1, -0.05) is 0 Å². The Labute approximate surface area is 112 Å². The molecule has 0 amide bonds. The molecule has 0 aliphatic rings. The number of aryl methyl sites for hydroxylation is 1. The van der Waals surface area contributed by atoms with Crippen LogP contribution in [0.2, 0.25) is 0 Å². The summed E-state index contributed by atoms with van der Waals surface area (Å²) < 4.78 is 14.6. The van der Waals surface area contributed by atoms with Crippen LogP contribution in [0.1, 0.15) is 28.3 Å². The molecule has 1 aromatic rings. The van der Waals surface area contributed by atoms with Crippen LogP contribution in [0.3, 0.4) is 0 Å². The van der Waals surface area contributed by atoms with Crippen LogP contribution in [0, 0.1) is 6.92 Å². The third-order valence-electron chi connectivity index (χ3n) is 2.69. The average Bonchev–Trinajstić information content (AvgIpc) is 2.75. The Kier molecular flexibility index (Phi) is 5.57. The Morgan fingerprint density at radius 3 is 2.58 bits per heavy atom. The van der Waals surface area contributed by atoms with Crippen LogP contribution >= 0.6 is 0 Å². The topological polar surface area (TPSA) is 69.0 Å². The highest BCUT2D eigenvalue weighted by atomic mass is 16.5. The van der Waals surface area contributed by atoms with E-state index in [-0.39, 0.29) is 11.7 Å². The summed E-state index contributed by atoms with van der Waals surface area (Å²) in [5.41, 5.74) is 0.739. The molecule has 1 aromatic heterocycles. The van der Waals surface area contributed by atoms with Gasteiger partial charge in [-0.05, 0) is 20.0 Å². The summed E-state index contributed by atoms with van der Waals surface area (Å²) in [6, 6.07) is 1.79. The average molecular weight is 269 g/mol. The standard InChI is InChI=1S/C13H19NO5/c1-9-7-10(19-12(9)13(16)18-4)8-14(2)6-5-11(15)17-3/h7H,5-6,8H2,1-4H3. The largest absolute Gasteiger partial charge is 0.469 e. The summed E-state index contributed by atoms with van der Waals surface area (Å²) in [6.07, 6.45) is 0.316. The molecule has 0 fully saturated rings. The predicted molar refractivity (Wildman–Crippen MR) is 67.8 cm³/mol. The maximum atomic E-state index is 11.4. The highest BCUT2D eigenvalue weighted by Crippen LogP contribution is 2.16. The van der Waals surface area contributed by atoms with Crippen LogP contribution in [-0.4, -0.2) is 44.7 Å². The summed E-state index contributed by atoms with van der Waals surface area (Å²) in [7, 11) is 4.53. The first-order valence-corrected chi connectivity index (χ1v) is 5.91. The third-order valence-corrected chi connectivity index (χ3v) is 2.69. The number of furan rings is 1. The van der Waals surface area contributed by atoms with Crippen molar-refractivity contribution in [3.05, 3.63) is 23.2 Å². The van der Waals surface area contributed by atoms with E-state index in [0.717, 1.165) is 5.56 Å². The van der Waals surface area contributed by atoms with E-state index in [4.69, 9.17) is 4.42 Å². The molecule has 1 heterocycles. The number of nitrogens with zero attached hydrogens (tertiary/aromatic N) is 1. The molecule has 0 unspecified atom stereocenters. The molecule has 0 aliphatic carbocycles. The SMILES string of the molecule is COC(=O)CCN(C)Cc1cc(C)c(C(=O)OC)o1. The molecule has 6 nitrogen and oxygen atoms in total. The fourth-order valence-corrected chi connectivity index (χ4v) is 1.65. The molecular weight excluding hydrogens is 250 g/mol. The second-order valence-electron chi connectivity index (χ2n) is 4.28. The minimum Gasteiger partial charge on any atom is -0.469 e. The van der Waals surface area contributed by atoms with Gasteiger partial charge in [0.2, 0.25) is 5.76 Å². The van der Waals surface area contributed by atoms with Crippen LogP contribution < -0.4 is 0 Å². The molecule has 0 bridgehead atoms. The Morgan fingerprint density at radius 1 is 1.32 bits per heavy atom. The Morgan fingerprint density at radius 2 is 2.00 bits per heavy atom. The molecule has 1 rings (SSSR count). The van der Waals surface area contributed by atoms with Crippen LogP contribution in [0.15, 0.2) is 10.5 Å². The van der Waals surface area contributed by atoms with E-state index in [1.54, 1.807) is 13.0 Å². The van der Waals surface area contributed by atoms with Gasteiger partial charge in [-0.15, -0.1) is 0 Å². The Hall–Kier alpha value is -1.82. The van der Waals surface area contributed by atoms with Gasteiger partial charge in [-0.3, -0.25) is 9.69 Å². The summed E-state index contributed by atoms with van der Waals surface area (Å²) in [5.74, 6) is 0.142. The number of ether oxygens (including phenoxy) is 2. The zero-order valence-corrected chi connectivity index (χ0v) is 11.7. The number of carbonyl (C=O) groups excluding carboxylic acids is 2. The van der Waals surface area contributed by atoms with E-state index in [9.17, 15) is 9.59 Å². The Bertz CT molecular complexity index is 452. The minimum absolute atomic E-state index is 0.221. The minimum atomic E-state index is -0.485. The second-order valence-corrected chi connectivity index (χ2v) is 4.28. The van der Waals surface area contributed by atoms with Crippen molar-refractivity contribution in [3.8, 4) is 0 Å². The van der Waals surface area contributed by atoms with Crippen molar-refractivity contribution in [1.29, 1.82) is 0 Å². The lowest BCUT2D eigenvalue weighted by atomic mass is 10.2. The van der Waals surface area contributed by atoms with Gasteiger partial charge < -0.3 is 13.9 Å². The van der Waals surface area contributed by atoms with E-state index in [2.05, 4.69) is 9.47 Å². The highest BCUT2D eigenvalue weighted by molar-refractivity contribution is 5.87. The Balaban J connectivity index is 2.57. The molecular formula is C13H19NO5. The fraction of sp³-hybridized carbons (Fsp3) is 0.538. The quantitative estimate of drug-likeness (QED) is 0.726. The number of methoxy groups -OCH3 is 2. The summed E-state index contributed by atoms with van der Waals surface area (Å²) >= 11 is 0. The van der Waals surface area contributed by atoms with Crippen molar-refractivity contribution >= 4 is 11.9 Å². The van der Waals surface area contributed by atoms with Crippen molar-refractivity contribution in [3.63, 3.8) is 0 Å². The predicted octanol–water partition coefficient (Wildman–Crippen LogP) is 1.37. The van der Waals surface area contributed by atoms with Crippen LogP contribution in [0.25, 0.3) is 0 Å². The number of esters is 2. The molecule has 106 valence electrons. The number of hydrogen-bond acceptors (Lipinski definition) is 6. The zero-order chi connectivity index (χ0) is 14.4. The summed E-state index contributed by atoms with van der Waals surface area (Å²) in [5, 5.41) is 0. The van der Waals surface area contributed by atoms with E-state index in [1.807, 2.05) is 11.9 Å². The van der Waals surface area contributed by atoms with Crippen molar-refractivity contribution in [2.24, 2.45) is 0 Å². The van der Waals surface area contributed by atoms with Crippen molar-refractivity contribution in [2.75, 3.05) is 27.8 Å². The van der Waals surface area contributed by atoms with E-state index in [1.165, 1.54) is 14.2 Å². The molecule has 0 aliphatic heterocycles. The lowest BCUT2D eigenvalue weighted by Crippen LogP contribution is -2.21. The van der Waals surface area contributed by atoms with Gasteiger partial charge in [-0.2, -0.15) is 0 Å². The number of carbonyl (C=O) groups is 2. The molecule has 6 heteroatoms. The molecule has 19 heavy (non-hydrogen) atoms. The molecule has 0 aromatic carbocycles. The number of rotatable bonds is 6.